The minimum absolute atomic E-state index is 0. The summed E-state index contributed by atoms with van der Waals surface area (Å²) in [5, 5.41) is 22.8. The van der Waals surface area contributed by atoms with Crippen LogP contribution >= 0.6 is 12.2 Å². The van der Waals surface area contributed by atoms with E-state index in [1.807, 2.05) is 0 Å². The molecule has 0 fully saturated rings. The van der Waals surface area contributed by atoms with Crippen LogP contribution in [0.15, 0.2) is 4.99 Å². The van der Waals surface area contributed by atoms with Crippen molar-refractivity contribution in [1.29, 1.82) is 0 Å². The van der Waals surface area contributed by atoms with E-state index in [9.17, 15) is 38.4 Å². The number of esters is 2. The number of nitrogens with two attached hydrogens (primary N) is 1. The van der Waals surface area contributed by atoms with Crippen LogP contribution in [0.25, 0.3) is 0 Å². The van der Waals surface area contributed by atoms with Crippen molar-refractivity contribution in [2.45, 2.75) is 108 Å². The highest BCUT2D eigenvalue weighted by atomic mass is 32.1. The molecule has 0 bridgehead atoms. The molecule has 0 atom stereocenters. The number of thiocarbonyl (C=S) groups is 1. The van der Waals surface area contributed by atoms with E-state index in [0.29, 0.717) is 11.1 Å². The number of nitrogens with zero attached hydrogens (tertiary/aromatic N) is 1. The molecule has 23 nitrogen and oxygen atoms in total. The minimum atomic E-state index is -0.407. The third kappa shape index (κ3) is 334. The molecule has 396 valence electrons. The van der Waals surface area contributed by atoms with Gasteiger partial charge in [-0.2, -0.15) is 0 Å². The van der Waals surface area contributed by atoms with Crippen molar-refractivity contribution in [2.24, 2.45) is 10.7 Å². The predicted molar refractivity (Wildman–Crippen MR) is 276 cm³/mol. The van der Waals surface area contributed by atoms with E-state index >= 15 is 0 Å². The first-order valence-corrected chi connectivity index (χ1v) is 15.4. The summed E-state index contributed by atoms with van der Waals surface area (Å²) >= 11 is 4.63. The number of rotatable bonds is 0. The third-order valence-corrected chi connectivity index (χ3v) is 3.87. The summed E-state index contributed by atoms with van der Waals surface area (Å²) in [6.07, 6.45) is -0.815. The Hall–Kier alpha value is -5.68. The zero-order chi connectivity index (χ0) is 45.7. The predicted octanol–water partition coefficient (Wildman–Crippen LogP) is 4.53. The summed E-state index contributed by atoms with van der Waals surface area (Å²) in [5.74, 6) is 0.153. The smallest absolute Gasteiger partial charge is 0.406 e. The summed E-state index contributed by atoms with van der Waals surface area (Å²) in [6, 6.07) is -0.157. The Morgan fingerprint density at radius 2 is 0.603 bits per heavy atom. The molecule has 0 aromatic rings. The average Bonchev–Trinajstić information content (AvgIpc) is 3.17. The van der Waals surface area contributed by atoms with Crippen LogP contribution in [-0.2, 0) is 42.9 Å². The van der Waals surface area contributed by atoms with Crippen LogP contribution in [0, 0.1) is 0 Å². The Balaban J connectivity index is -0.0000000198. The number of carbonyl (C=O) groups excluding carboxylic acids is 8. The van der Waals surface area contributed by atoms with Crippen LogP contribution in [0.4, 0.5) is 14.4 Å². The van der Waals surface area contributed by atoms with Gasteiger partial charge in [0, 0.05) is 98.2 Å². The van der Waals surface area contributed by atoms with Crippen LogP contribution < -0.4 is 53.6 Å². The number of nitrogens with one attached hydrogen (secondary N) is 9. The zero-order valence-electron chi connectivity index (χ0n) is 35.8. The largest absolute Gasteiger partial charge is 0.469 e. The molecule has 0 aromatic carbocycles. The highest BCUT2D eigenvalue weighted by Gasteiger charge is 1.86. The van der Waals surface area contributed by atoms with Gasteiger partial charge in [0.2, 0.25) is 11.8 Å². The van der Waals surface area contributed by atoms with Crippen LogP contribution in [0.3, 0.4) is 0 Å². The van der Waals surface area contributed by atoms with Gasteiger partial charge in [0.1, 0.15) is 5.78 Å². The number of ether oxygens (including phenoxy) is 4. The van der Waals surface area contributed by atoms with Gasteiger partial charge >= 0.3 is 30.2 Å². The number of methoxy groups -OCH3 is 4. The summed E-state index contributed by atoms with van der Waals surface area (Å²) in [7, 11) is 21.6. The number of carbonyl (C=O) groups is 8. The van der Waals surface area contributed by atoms with Crippen molar-refractivity contribution in [1.82, 2.24) is 47.9 Å². The molecule has 0 aliphatic carbocycles. The molecule has 0 spiro atoms. The molecule has 0 radical (unpaired) electrons. The summed E-state index contributed by atoms with van der Waals surface area (Å²) in [4.78, 5) is 81.3. The maximum Gasteiger partial charge on any atom is 0.406 e. The molecular weight excluding hydrogens is 847 g/mol. The molecule has 0 rings (SSSR count). The number of alkyl carbamates (subject to hydrolysis) is 2. The third-order valence-electron chi connectivity index (χ3n) is 3.46. The summed E-state index contributed by atoms with van der Waals surface area (Å²) in [6.45, 7) is 8.72. The van der Waals surface area contributed by atoms with Crippen molar-refractivity contribution in [2.75, 3.05) is 98.9 Å². The molecule has 24 heteroatoms. The highest BCUT2D eigenvalue weighted by Crippen LogP contribution is 1.63. The lowest BCUT2D eigenvalue weighted by molar-refractivity contribution is -0.138. The molecule has 0 aromatic heterocycles. The Kier molecular flexibility index (Phi) is 231. The van der Waals surface area contributed by atoms with Gasteiger partial charge in [-0.15, -0.1) is 0 Å². The number of hydrogen-bond acceptors (Lipinski definition) is 14. The van der Waals surface area contributed by atoms with E-state index in [0.717, 1.165) is 0 Å². The quantitative estimate of drug-likeness (QED) is 0.0524. The lowest BCUT2D eigenvalue weighted by atomic mass is 10.6. The lowest BCUT2D eigenvalue weighted by Crippen LogP contribution is -2.28. The molecule has 0 aliphatic rings. The second-order valence-electron chi connectivity index (χ2n) is 7.91. The van der Waals surface area contributed by atoms with E-state index in [1.165, 1.54) is 84.1 Å². The van der Waals surface area contributed by atoms with Crippen molar-refractivity contribution in [3.05, 3.63) is 0 Å². The molecular formula is C39H107N11O12S. The van der Waals surface area contributed by atoms with Gasteiger partial charge in [0.25, 0.3) is 0 Å². The first kappa shape index (κ1) is 124. The number of Topliss-reactive ketones (excluding diaryl/α,β-unsaturated/α-hetero) is 1. The second kappa shape index (κ2) is 117. The fourth-order valence-electron chi connectivity index (χ4n) is 0.566. The molecule has 63 heavy (non-hydrogen) atoms. The van der Waals surface area contributed by atoms with Crippen molar-refractivity contribution < 1.29 is 57.3 Å². The van der Waals surface area contributed by atoms with Gasteiger partial charge in [-0.25, -0.2) is 14.4 Å². The fraction of sp³-hybridized carbons (Fsp3) is 0.744. The van der Waals surface area contributed by atoms with Gasteiger partial charge < -0.3 is 77.3 Å². The monoisotopic (exact) mass is 954 g/mol. The maximum absolute atomic E-state index is 9.96. The van der Waals surface area contributed by atoms with Gasteiger partial charge in [0.15, 0.2) is 11.1 Å². The molecule has 0 heterocycles. The highest BCUT2D eigenvalue weighted by molar-refractivity contribution is 7.80. The Morgan fingerprint density at radius 3 is 0.603 bits per heavy atom. The fourth-order valence-corrected chi connectivity index (χ4v) is 0.566. The topological polar surface area (TPSA) is 320 Å². The molecule has 6 amide bonds. The van der Waals surface area contributed by atoms with Crippen LogP contribution in [0.5, 0.6) is 0 Å². The van der Waals surface area contributed by atoms with E-state index in [4.69, 9.17) is 5.73 Å². The maximum atomic E-state index is 9.96. The Bertz CT molecular complexity index is 834. The van der Waals surface area contributed by atoms with Crippen LogP contribution in [-0.4, -0.2) is 158 Å². The SMILES string of the molecule is C.C.C.C.C.C.C.C.C.CC(C)=O.CN=C(N)NC.CNC(=O)NC.CNC(=O)OC.CNC(=O)OC.CNC(=S)NC.CNC(C)=O.CNC(C)=O.COC(C)=O.COC(C)=O. The first-order chi connectivity index (χ1) is 24.9. The van der Waals surface area contributed by atoms with Gasteiger partial charge in [-0.05, 0) is 26.1 Å². The lowest BCUT2D eigenvalue weighted by Gasteiger charge is -1.95. The van der Waals surface area contributed by atoms with E-state index in [2.05, 4.69) is 84.0 Å². The zero-order valence-corrected chi connectivity index (χ0v) is 36.6. The van der Waals surface area contributed by atoms with Gasteiger partial charge in [-0.3, -0.25) is 24.2 Å². The molecule has 11 N–H and O–H groups in total. The van der Waals surface area contributed by atoms with Crippen molar-refractivity contribution in [3.8, 4) is 0 Å². The van der Waals surface area contributed by atoms with Crippen LogP contribution in [0.2, 0.25) is 0 Å². The van der Waals surface area contributed by atoms with Gasteiger partial charge in [-0.1, -0.05) is 66.8 Å². The van der Waals surface area contributed by atoms with Crippen molar-refractivity contribution >= 4 is 71.0 Å². The molecule has 0 saturated carbocycles. The number of urea groups is 1. The number of hydrogen-bond donors (Lipinski definition) is 10. The van der Waals surface area contributed by atoms with E-state index in [-0.39, 0.29) is 102 Å². The van der Waals surface area contributed by atoms with E-state index < -0.39 is 12.2 Å². The van der Waals surface area contributed by atoms with Crippen LogP contribution in [0.1, 0.15) is 108 Å². The average molecular weight is 954 g/mol. The van der Waals surface area contributed by atoms with E-state index in [1.54, 1.807) is 56.4 Å². The number of guanidine groups is 1. The Labute approximate surface area is 393 Å². The second-order valence-corrected chi connectivity index (χ2v) is 8.32. The molecule has 0 aliphatic heterocycles. The number of amides is 6. The number of aliphatic imine (C=N–C) groups is 1. The molecule has 0 unspecified atom stereocenters. The normalized spacial score (nSPS) is 6.32. The standard InChI is InChI=1S/C3H9N3.C3H8N2O.C3H8N2S.2C3H7NO2.2C3H7NO.2C3H6O2.C3H6O.9CH4/c1-5-3(4)6-2;2*1-4-3(6)5-2;2*1-4-3(5)6-2;2*1-3(5)4-2;2*1-3(4)5-2;1-3(2)4;;;;;;;;;/h1-2H3,(H3,4,5,6);2*1-2H3,(H2,4,5,6);2*1-2H3,(H,4,5);2*1-2H3,(H,4,5);2*1-2H3;1-2H3;9*1H4. The minimum Gasteiger partial charge on any atom is -0.469 e. The summed E-state index contributed by atoms with van der Waals surface area (Å²) < 4.78 is 16.5. The number of ketones is 1. The van der Waals surface area contributed by atoms with Crippen molar-refractivity contribution in [3.63, 3.8) is 0 Å². The Morgan fingerprint density at radius 1 is 0.413 bits per heavy atom. The molecule has 0 saturated heterocycles. The van der Waals surface area contributed by atoms with Gasteiger partial charge in [0.05, 0.1) is 28.4 Å². The first-order valence-electron chi connectivity index (χ1n) is 15.0. The summed E-state index contributed by atoms with van der Waals surface area (Å²) in [5.41, 5.74) is 5.11.